The summed E-state index contributed by atoms with van der Waals surface area (Å²) in [7, 11) is 0. The summed E-state index contributed by atoms with van der Waals surface area (Å²) in [5, 5.41) is 9.16. The summed E-state index contributed by atoms with van der Waals surface area (Å²) in [5.74, 6) is -0.0440. The highest BCUT2D eigenvalue weighted by Gasteiger charge is 2.33. The van der Waals surface area contributed by atoms with Crippen molar-refractivity contribution in [2.75, 3.05) is 13.1 Å². The standard InChI is InChI=1S/C7H14N2O2/c1-2-5(10)3-9-4-6(8)7(9)11/h5-6,10H,2-4,8H2,1H3. The zero-order valence-electron chi connectivity index (χ0n) is 6.66. The lowest BCUT2D eigenvalue weighted by atomic mass is 10.1. The van der Waals surface area contributed by atoms with Crippen LogP contribution < -0.4 is 5.73 Å². The molecular weight excluding hydrogens is 144 g/mol. The molecule has 1 saturated heterocycles. The van der Waals surface area contributed by atoms with Crippen molar-refractivity contribution in [2.45, 2.75) is 25.5 Å². The number of aliphatic hydroxyl groups is 1. The maximum Gasteiger partial charge on any atom is 0.241 e. The first-order chi connectivity index (χ1) is 5.15. The summed E-state index contributed by atoms with van der Waals surface area (Å²) in [5.41, 5.74) is 5.36. The Kier molecular flexibility index (Phi) is 2.46. The molecule has 0 aliphatic carbocycles. The monoisotopic (exact) mass is 158 g/mol. The molecule has 2 unspecified atom stereocenters. The average molecular weight is 158 g/mol. The van der Waals surface area contributed by atoms with E-state index in [1.165, 1.54) is 0 Å². The summed E-state index contributed by atoms with van der Waals surface area (Å²) < 4.78 is 0. The molecule has 0 aromatic carbocycles. The molecule has 4 nitrogen and oxygen atoms in total. The lowest BCUT2D eigenvalue weighted by Gasteiger charge is -2.37. The molecule has 0 aromatic rings. The van der Waals surface area contributed by atoms with Gasteiger partial charge in [-0.1, -0.05) is 6.92 Å². The van der Waals surface area contributed by atoms with Gasteiger partial charge in [0, 0.05) is 13.1 Å². The second kappa shape index (κ2) is 3.19. The molecule has 2 atom stereocenters. The first kappa shape index (κ1) is 8.49. The minimum atomic E-state index is -0.397. The lowest BCUT2D eigenvalue weighted by Crippen LogP contribution is -2.62. The van der Waals surface area contributed by atoms with E-state index in [1.54, 1.807) is 4.90 Å². The van der Waals surface area contributed by atoms with Gasteiger partial charge in [0.05, 0.1) is 6.10 Å². The second-order valence-corrected chi connectivity index (χ2v) is 2.91. The maximum absolute atomic E-state index is 10.9. The Balaban J connectivity index is 2.25. The minimum Gasteiger partial charge on any atom is -0.391 e. The van der Waals surface area contributed by atoms with Crippen LogP contribution in [0.25, 0.3) is 0 Å². The zero-order valence-corrected chi connectivity index (χ0v) is 6.66. The Morgan fingerprint density at radius 2 is 2.55 bits per heavy atom. The topological polar surface area (TPSA) is 66.6 Å². The van der Waals surface area contributed by atoms with Crippen LogP contribution in [0.4, 0.5) is 0 Å². The average Bonchev–Trinajstić information content (AvgIpc) is 2.03. The molecule has 1 aliphatic heterocycles. The van der Waals surface area contributed by atoms with Crippen LogP contribution in [0.5, 0.6) is 0 Å². The fourth-order valence-electron chi connectivity index (χ4n) is 1.08. The first-order valence-electron chi connectivity index (χ1n) is 3.87. The zero-order chi connectivity index (χ0) is 8.43. The first-order valence-corrected chi connectivity index (χ1v) is 3.87. The van der Waals surface area contributed by atoms with E-state index in [0.29, 0.717) is 19.5 Å². The minimum absolute atomic E-state index is 0.0440. The smallest absolute Gasteiger partial charge is 0.241 e. The van der Waals surface area contributed by atoms with E-state index in [-0.39, 0.29) is 11.9 Å². The third-order valence-corrected chi connectivity index (χ3v) is 1.95. The molecule has 0 aromatic heterocycles. The van der Waals surface area contributed by atoms with Crippen LogP contribution in [0.15, 0.2) is 0 Å². The van der Waals surface area contributed by atoms with Crippen molar-refractivity contribution >= 4 is 5.91 Å². The molecule has 1 fully saturated rings. The van der Waals surface area contributed by atoms with E-state index in [1.807, 2.05) is 6.92 Å². The Hall–Kier alpha value is -0.610. The fraction of sp³-hybridized carbons (Fsp3) is 0.857. The van der Waals surface area contributed by atoms with Gasteiger partial charge in [0.25, 0.3) is 0 Å². The van der Waals surface area contributed by atoms with Crippen LogP contribution in [-0.4, -0.2) is 41.1 Å². The Morgan fingerprint density at radius 3 is 2.91 bits per heavy atom. The highest BCUT2D eigenvalue weighted by atomic mass is 16.3. The van der Waals surface area contributed by atoms with Crippen LogP contribution in [0.2, 0.25) is 0 Å². The van der Waals surface area contributed by atoms with Crippen molar-refractivity contribution in [2.24, 2.45) is 5.73 Å². The van der Waals surface area contributed by atoms with Gasteiger partial charge in [0.2, 0.25) is 5.91 Å². The van der Waals surface area contributed by atoms with Gasteiger partial charge in [-0.2, -0.15) is 0 Å². The molecule has 1 aliphatic rings. The van der Waals surface area contributed by atoms with E-state index >= 15 is 0 Å². The van der Waals surface area contributed by atoms with Crippen LogP contribution in [0.1, 0.15) is 13.3 Å². The molecule has 1 amide bonds. The number of carbonyl (C=O) groups is 1. The van der Waals surface area contributed by atoms with E-state index < -0.39 is 6.10 Å². The number of aliphatic hydroxyl groups excluding tert-OH is 1. The number of β-amino-alcohol motifs (C(OH)–C–C–N with tert-alkyl or cyclic N) is 1. The highest BCUT2D eigenvalue weighted by Crippen LogP contribution is 2.08. The fourth-order valence-corrected chi connectivity index (χ4v) is 1.08. The van der Waals surface area contributed by atoms with E-state index in [4.69, 9.17) is 10.8 Å². The summed E-state index contributed by atoms with van der Waals surface area (Å²) in [4.78, 5) is 12.5. The normalized spacial score (nSPS) is 26.6. The lowest BCUT2D eigenvalue weighted by molar-refractivity contribution is -0.144. The molecule has 4 heteroatoms. The van der Waals surface area contributed by atoms with E-state index in [9.17, 15) is 4.79 Å². The molecule has 11 heavy (non-hydrogen) atoms. The molecule has 0 bridgehead atoms. The number of rotatable bonds is 3. The molecule has 1 heterocycles. The molecule has 0 spiro atoms. The van der Waals surface area contributed by atoms with Crippen LogP contribution >= 0.6 is 0 Å². The van der Waals surface area contributed by atoms with Gasteiger partial charge >= 0.3 is 0 Å². The predicted molar refractivity (Wildman–Crippen MR) is 40.9 cm³/mol. The molecule has 1 rings (SSSR count). The maximum atomic E-state index is 10.9. The van der Waals surface area contributed by atoms with Crippen molar-refractivity contribution in [3.8, 4) is 0 Å². The van der Waals surface area contributed by atoms with Crippen LogP contribution in [0.3, 0.4) is 0 Å². The number of carbonyl (C=O) groups excluding carboxylic acids is 1. The summed E-state index contributed by atoms with van der Waals surface area (Å²) >= 11 is 0. The van der Waals surface area contributed by atoms with Crippen LogP contribution in [0, 0.1) is 0 Å². The molecular formula is C7H14N2O2. The van der Waals surface area contributed by atoms with Gasteiger partial charge in [-0.3, -0.25) is 4.79 Å². The number of likely N-dealkylation sites (tertiary alicyclic amines) is 1. The molecule has 0 saturated carbocycles. The van der Waals surface area contributed by atoms with Gasteiger partial charge in [-0.05, 0) is 6.42 Å². The number of nitrogens with two attached hydrogens (primary N) is 1. The third-order valence-electron chi connectivity index (χ3n) is 1.95. The molecule has 64 valence electrons. The number of nitrogens with zero attached hydrogens (tertiary/aromatic N) is 1. The number of hydrogen-bond acceptors (Lipinski definition) is 3. The summed E-state index contributed by atoms with van der Waals surface area (Å²) in [6, 6.07) is -0.320. The Bertz CT molecular complexity index is 161. The molecule has 0 radical (unpaired) electrons. The quantitative estimate of drug-likeness (QED) is 0.514. The summed E-state index contributed by atoms with van der Waals surface area (Å²) in [6.45, 7) is 2.91. The Morgan fingerprint density at radius 1 is 1.91 bits per heavy atom. The van der Waals surface area contributed by atoms with Gasteiger partial charge in [-0.15, -0.1) is 0 Å². The third kappa shape index (κ3) is 1.70. The Labute approximate surface area is 66.0 Å². The SMILES string of the molecule is CCC(O)CN1CC(N)C1=O. The molecule has 3 N–H and O–H groups in total. The highest BCUT2D eigenvalue weighted by molar-refractivity contribution is 5.87. The van der Waals surface area contributed by atoms with Crippen molar-refractivity contribution in [1.29, 1.82) is 0 Å². The van der Waals surface area contributed by atoms with Gasteiger partial charge in [0.1, 0.15) is 6.04 Å². The number of β-lactam (4-membered cyclic amide) rings is 1. The van der Waals surface area contributed by atoms with E-state index in [2.05, 4.69) is 0 Å². The predicted octanol–water partition coefficient (Wildman–Crippen LogP) is -1.07. The second-order valence-electron chi connectivity index (χ2n) is 2.91. The van der Waals surface area contributed by atoms with E-state index in [0.717, 1.165) is 0 Å². The number of amides is 1. The van der Waals surface area contributed by atoms with Gasteiger partial charge in [-0.25, -0.2) is 0 Å². The van der Waals surface area contributed by atoms with Crippen molar-refractivity contribution in [1.82, 2.24) is 4.90 Å². The van der Waals surface area contributed by atoms with Crippen molar-refractivity contribution < 1.29 is 9.90 Å². The van der Waals surface area contributed by atoms with Crippen molar-refractivity contribution in [3.63, 3.8) is 0 Å². The van der Waals surface area contributed by atoms with Crippen molar-refractivity contribution in [3.05, 3.63) is 0 Å². The largest absolute Gasteiger partial charge is 0.391 e. The van der Waals surface area contributed by atoms with Gasteiger partial charge < -0.3 is 15.7 Å². The number of hydrogen-bond donors (Lipinski definition) is 2. The van der Waals surface area contributed by atoms with Crippen LogP contribution in [-0.2, 0) is 4.79 Å². The van der Waals surface area contributed by atoms with Gasteiger partial charge in [0.15, 0.2) is 0 Å². The summed E-state index contributed by atoms with van der Waals surface area (Å²) in [6.07, 6.45) is 0.283.